The summed E-state index contributed by atoms with van der Waals surface area (Å²) in [4.78, 5) is 31.1. The Balaban J connectivity index is -0.000000167. The minimum absolute atomic E-state index is 0. The molecule has 0 saturated carbocycles. The van der Waals surface area contributed by atoms with Crippen molar-refractivity contribution in [2.45, 2.75) is 26.7 Å². The van der Waals surface area contributed by atoms with Gasteiger partial charge in [0.15, 0.2) is 17.4 Å². The predicted octanol–water partition coefficient (Wildman–Crippen LogP) is -3.62. The molecule has 70 valence electrons. The van der Waals surface area contributed by atoms with Gasteiger partial charge in [-0.25, -0.2) is 0 Å². The first kappa shape index (κ1) is 18.7. The smallest absolute Gasteiger partial charge is 1.00 e. The molecule has 4 nitrogen and oxygen atoms in total. The van der Waals surface area contributed by atoms with Crippen LogP contribution in [0.3, 0.4) is 0 Å². The van der Waals surface area contributed by atoms with Gasteiger partial charge in [0.2, 0.25) is 0 Å². The predicted molar refractivity (Wildman–Crippen MR) is 47.7 cm³/mol. The Hall–Kier alpha value is -0.0601. The van der Waals surface area contributed by atoms with E-state index >= 15 is 0 Å². The molecule has 0 heterocycles. The molecule has 6 heteroatoms. The zero-order valence-electron chi connectivity index (χ0n) is 8.55. The largest absolute Gasteiger partial charge is 1.00 e. The molecule has 0 atom stereocenters. The van der Waals surface area contributed by atoms with Crippen molar-refractivity contribution in [1.82, 2.24) is 0 Å². The van der Waals surface area contributed by atoms with E-state index in [9.17, 15) is 14.4 Å². The van der Waals surface area contributed by atoms with Gasteiger partial charge in [0.05, 0.1) is 6.42 Å². The number of ketones is 1. The van der Waals surface area contributed by atoms with Crippen LogP contribution >= 0.6 is 0 Å². The number of carbonyl (C=O) groups is 3. The topological polar surface area (TPSA) is 60.4 Å². The Labute approximate surface area is 101 Å². The van der Waals surface area contributed by atoms with E-state index in [4.69, 9.17) is 0 Å². The summed E-state index contributed by atoms with van der Waals surface area (Å²) in [5, 5.41) is 0. The molecular formula is C7H14AlLiO4. The van der Waals surface area contributed by atoms with Crippen molar-refractivity contribution in [2.24, 2.45) is 0 Å². The van der Waals surface area contributed by atoms with Crippen molar-refractivity contribution in [3.05, 3.63) is 0 Å². The van der Waals surface area contributed by atoms with E-state index in [2.05, 4.69) is 4.74 Å². The molecule has 0 amide bonds. The number of rotatable bonds is 3. The van der Waals surface area contributed by atoms with Crippen molar-refractivity contribution >= 4 is 35.1 Å². The minimum Gasteiger partial charge on any atom is -1.00 e. The van der Waals surface area contributed by atoms with E-state index in [1.165, 1.54) is 6.92 Å². The fraction of sp³-hybridized carbons (Fsp3) is 0.571. The summed E-state index contributed by atoms with van der Waals surface area (Å²) in [7, 11) is 0. The average molecular weight is 196 g/mol. The molecule has 0 aliphatic carbocycles. The van der Waals surface area contributed by atoms with Crippen LogP contribution in [-0.2, 0) is 19.1 Å². The minimum atomic E-state index is -0.646. The summed E-state index contributed by atoms with van der Waals surface area (Å²) in [6.07, 6.45) is 0.112. The third-order valence-electron chi connectivity index (χ3n) is 0.939. The normalized spacial score (nSPS) is 7.54. The van der Waals surface area contributed by atoms with Gasteiger partial charge >= 0.3 is 30.8 Å². The third-order valence-corrected chi connectivity index (χ3v) is 0.939. The second-order valence-electron chi connectivity index (χ2n) is 2.17. The number of hydrogen-bond acceptors (Lipinski definition) is 4. The number of ether oxygens (including phenoxy) is 1. The second kappa shape index (κ2) is 10.0. The standard InChI is InChI=1S/C7H10O4.Al.Li.4H/c1-5(8)3-4-7(10)11-6(2)9;;;;;;/h3-4H2,1-2H3;;;;;;/q;;+1;;;;-1. The van der Waals surface area contributed by atoms with Crippen LogP contribution < -0.4 is 18.9 Å². The van der Waals surface area contributed by atoms with Gasteiger partial charge in [-0.1, -0.05) is 0 Å². The maximum atomic E-state index is 10.6. The number of Topliss-reactive ketones (excluding diaryl/α,β-unsaturated/α-hetero) is 1. The molecule has 0 aromatic carbocycles. The van der Waals surface area contributed by atoms with Crippen LogP contribution in [0.15, 0.2) is 0 Å². The second-order valence-corrected chi connectivity index (χ2v) is 2.17. The zero-order chi connectivity index (χ0) is 8.85. The van der Waals surface area contributed by atoms with Crippen molar-refractivity contribution in [1.29, 1.82) is 0 Å². The van der Waals surface area contributed by atoms with Crippen LogP contribution in [0.25, 0.3) is 0 Å². The van der Waals surface area contributed by atoms with E-state index in [0.29, 0.717) is 0 Å². The van der Waals surface area contributed by atoms with Crippen molar-refractivity contribution in [3.63, 3.8) is 0 Å². The summed E-state index contributed by atoms with van der Waals surface area (Å²) in [6, 6.07) is 0. The number of hydrogen-bond donors (Lipinski definition) is 0. The van der Waals surface area contributed by atoms with E-state index in [0.717, 1.165) is 6.92 Å². The van der Waals surface area contributed by atoms with E-state index in [1.54, 1.807) is 0 Å². The Morgan fingerprint density at radius 1 is 1.15 bits per heavy atom. The van der Waals surface area contributed by atoms with Crippen LogP contribution in [0.1, 0.15) is 28.1 Å². The van der Waals surface area contributed by atoms with Crippen molar-refractivity contribution < 1.29 is 39.4 Å². The molecule has 0 spiro atoms. The molecule has 0 fully saturated rings. The molecule has 13 heavy (non-hydrogen) atoms. The van der Waals surface area contributed by atoms with Crippen LogP contribution in [0, 0.1) is 0 Å². The summed E-state index contributed by atoms with van der Waals surface area (Å²) in [5.74, 6) is -1.38. The molecule has 0 aromatic rings. The Bertz CT molecular complexity index is 198. The van der Waals surface area contributed by atoms with Gasteiger partial charge in [-0.05, 0) is 6.92 Å². The van der Waals surface area contributed by atoms with Gasteiger partial charge in [0.25, 0.3) is 0 Å². The van der Waals surface area contributed by atoms with Gasteiger partial charge in [0, 0.05) is 13.3 Å². The molecule has 0 aromatic heterocycles. The van der Waals surface area contributed by atoms with E-state index < -0.39 is 11.9 Å². The fourth-order valence-electron chi connectivity index (χ4n) is 0.489. The molecule has 0 aliphatic rings. The van der Waals surface area contributed by atoms with Crippen LogP contribution in [0.4, 0.5) is 0 Å². The first-order valence-corrected chi connectivity index (χ1v) is 3.23. The van der Waals surface area contributed by atoms with E-state index in [1.807, 2.05) is 0 Å². The summed E-state index contributed by atoms with van der Waals surface area (Å²) < 4.78 is 4.17. The van der Waals surface area contributed by atoms with Gasteiger partial charge in [0.1, 0.15) is 5.78 Å². The summed E-state index contributed by atoms with van der Waals surface area (Å²) in [5.41, 5.74) is 0. The van der Waals surface area contributed by atoms with Gasteiger partial charge < -0.3 is 11.0 Å². The average Bonchev–Trinajstić information content (AvgIpc) is 1.82. The third kappa shape index (κ3) is 14.8. The van der Waals surface area contributed by atoms with Crippen molar-refractivity contribution in [2.75, 3.05) is 0 Å². The maximum absolute atomic E-state index is 10.6. The fourth-order valence-corrected chi connectivity index (χ4v) is 0.489. The van der Waals surface area contributed by atoms with Crippen LogP contribution in [0.2, 0.25) is 0 Å². The molecule has 0 saturated heterocycles. The van der Waals surface area contributed by atoms with Gasteiger partial charge in [-0.3, -0.25) is 9.59 Å². The number of esters is 2. The molecule has 0 N–H and O–H groups in total. The molecule has 0 rings (SSSR count). The Morgan fingerprint density at radius 2 is 1.62 bits per heavy atom. The zero-order valence-corrected chi connectivity index (χ0v) is 7.55. The van der Waals surface area contributed by atoms with Crippen LogP contribution in [0.5, 0.6) is 0 Å². The molecule has 0 aliphatic heterocycles. The monoisotopic (exact) mass is 196 g/mol. The SMILES string of the molecule is CC(=O)CCC(=O)OC(C)=O.[AlH3].[H-].[Li+]. The molecular weight excluding hydrogens is 182 g/mol. The number of carbonyl (C=O) groups excluding carboxylic acids is 3. The van der Waals surface area contributed by atoms with Crippen molar-refractivity contribution in [3.8, 4) is 0 Å². The molecule has 0 bridgehead atoms. The Morgan fingerprint density at radius 3 is 1.92 bits per heavy atom. The maximum Gasteiger partial charge on any atom is 1.00 e. The van der Waals surface area contributed by atoms with Gasteiger partial charge in [-0.15, -0.1) is 0 Å². The summed E-state index contributed by atoms with van der Waals surface area (Å²) in [6.45, 7) is 2.52. The molecule has 0 radical (unpaired) electrons. The first-order valence-electron chi connectivity index (χ1n) is 3.23. The summed E-state index contributed by atoms with van der Waals surface area (Å²) >= 11 is 0. The Kier molecular flexibility index (Phi) is 14.4. The van der Waals surface area contributed by atoms with E-state index in [-0.39, 0.29) is 56.3 Å². The molecule has 0 unspecified atom stereocenters. The first-order chi connectivity index (χ1) is 5.02. The van der Waals surface area contributed by atoms with Gasteiger partial charge in [-0.2, -0.15) is 0 Å². The quantitative estimate of drug-likeness (QED) is 0.265. The van der Waals surface area contributed by atoms with Crippen LogP contribution in [-0.4, -0.2) is 35.1 Å².